The fourth-order valence-electron chi connectivity index (χ4n) is 5.18. The molecule has 1 heterocycles. The number of likely N-dealkylation sites (tertiary alicyclic amines) is 1. The van der Waals surface area contributed by atoms with Crippen molar-refractivity contribution in [2.75, 3.05) is 26.2 Å². The van der Waals surface area contributed by atoms with Crippen LogP contribution in [0.4, 0.5) is 4.79 Å². The van der Waals surface area contributed by atoms with Crippen LogP contribution in [0.2, 0.25) is 5.02 Å². The molecule has 0 radical (unpaired) electrons. The van der Waals surface area contributed by atoms with E-state index >= 15 is 0 Å². The molecule has 8 nitrogen and oxygen atoms in total. The molecule has 2 N–H and O–H groups in total. The molecule has 1 saturated heterocycles. The van der Waals surface area contributed by atoms with Crippen molar-refractivity contribution in [3.05, 3.63) is 94.5 Å². The molecular formula is C33H35ClN4O4. The number of benzene rings is 3. The van der Waals surface area contributed by atoms with Crippen molar-refractivity contribution in [3.63, 3.8) is 0 Å². The summed E-state index contributed by atoms with van der Waals surface area (Å²) in [6.07, 6.45) is 1.51. The number of carboxylic acid groups (broad SMARTS) is 1. The Morgan fingerprint density at radius 2 is 1.69 bits per heavy atom. The molecule has 3 aromatic rings. The highest BCUT2D eigenvalue weighted by Crippen LogP contribution is 2.30. The molecule has 0 spiro atoms. The molecule has 218 valence electrons. The van der Waals surface area contributed by atoms with E-state index in [4.69, 9.17) is 11.6 Å². The number of piperidine rings is 1. The van der Waals surface area contributed by atoms with Gasteiger partial charge in [-0.25, -0.2) is 9.59 Å². The fraction of sp³-hybridized carbons (Fsp3) is 0.333. The molecule has 1 unspecified atom stereocenters. The third-order valence-corrected chi connectivity index (χ3v) is 8.35. The van der Waals surface area contributed by atoms with Crippen LogP contribution in [-0.2, 0) is 0 Å². The molecule has 1 fully saturated rings. The van der Waals surface area contributed by atoms with E-state index in [0.717, 1.165) is 12.1 Å². The molecule has 0 aromatic heterocycles. The molecule has 3 aromatic carbocycles. The third-order valence-electron chi connectivity index (χ3n) is 8.02. The molecule has 1 aliphatic rings. The molecule has 9 heteroatoms. The first kappa shape index (κ1) is 30.8. The largest absolute Gasteiger partial charge is 0.478 e. The first-order valence-corrected chi connectivity index (χ1v) is 14.5. The minimum atomic E-state index is -1.07. The van der Waals surface area contributed by atoms with Crippen LogP contribution in [0.1, 0.15) is 65.3 Å². The maximum atomic E-state index is 13.8. The lowest BCUT2D eigenvalue weighted by molar-refractivity contribution is 0.0695. The first-order valence-electron chi connectivity index (χ1n) is 14.1. The number of halogens is 1. The Kier molecular flexibility index (Phi) is 10.00. The van der Waals surface area contributed by atoms with Crippen molar-refractivity contribution in [2.24, 2.45) is 0 Å². The second-order valence-corrected chi connectivity index (χ2v) is 11.1. The maximum Gasteiger partial charge on any atom is 0.335 e. The Balaban J connectivity index is 1.58. The van der Waals surface area contributed by atoms with E-state index in [1.165, 1.54) is 23.1 Å². The summed E-state index contributed by atoms with van der Waals surface area (Å²) >= 11 is 6.34. The average molecular weight is 587 g/mol. The number of nitriles is 1. The molecule has 1 aliphatic heterocycles. The minimum Gasteiger partial charge on any atom is -0.478 e. The van der Waals surface area contributed by atoms with Crippen LogP contribution in [0, 0.1) is 11.3 Å². The maximum absolute atomic E-state index is 13.8. The number of amides is 3. The molecule has 3 amide bonds. The van der Waals surface area contributed by atoms with Gasteiger partial charge < -0.3 is 15.3 Å². The molecule has 42 heavy (non-hydrogen) atoms. The first-order chi connectivity index (χ1) is 20.2. The summed E-state index contributed by atoms with van der Waals surface area (Å²) in [5, 5.41) is 22.7. The van der Waals surface area contributed by atoms with Gasteiger partial charge in [0.1, 0.15) is 5.54 Å². The van der Waals surface area contributed by atoms with E-state index in [1.54, 1.807) is 24.3 Å². The Hall–Kier alpha value is -4.19. The zero-order valence-electron chi connectivity index (χ0n) is 23.8. The summed E-state index contributed by atoms with van der Waals surface area (Å²) in [5.74, 6) is -1.46. The Labute approximate surface area is 251 Å². The molecule has 0 saturated carbocycles. The van der Waals surface area contributed by atoms with E-state index < -0.39 is 23.4 Å². The number of nitrogens with one attached hydrogen (secondary N) is 1. The van der Waals surface area contributed by atoms with Crippen LogP contribution in [0.15, 0.2) is 72.8 Å². The second kappa shape index (κ2) is 13.6. The topological polar surface area (TPSA) is 114 Å². The zero-order valence-corrected chi connectivity index (χ0v) is 24.6. The Morgan fingerprint density at radius 1 is 1.05 bits per heavy atom. The van der Waals surface area contributed by atoms with Crippen molar-refractivity contribution in [2.45, 2.75) is 44.6 Å². The third kappa shape index (κ3) is 7.17. The van der Waals surface area contributed by atoms with Gasteiger partial charge in [-0.05, 0) is 73.2 Å². The number of aromatic carboxylic acids is 1. The fourth-order valence-corrected chi connectivity index (χ4v) is 5.41. The number of hydrogen-bond donors (Lipinski definition) is 2. The van der Waals surface area contributed by atoms with Crippen LogP contribution in [-0.4, -0.2) is 64.5 Å². The second-order valence-electron chi connectivity index (χ2n) is 10.7. The van der Waals surface area contributed by atoms with Gasteiger partial charge in [0.25, 0.3) is 5.91 Å². The summed E-state index contributed by atoms with van der Waals surface area (Å²) in [6.45, 7) is 6.54. The van der Waals surface area contributed by atoms with E-state index in [1.807, 2.05) is 30.3 Å². The van der Waals surface area contributed by atoms with E-state index in [2.05, 4.69) is 30.1 Å². The summed E-state index contributed by atoms with van der Waals surface area (Å²) < 4.78 is 0. The number of hydrogen-bond acceptors (Lipinski definition) is 5. The monoisotopic (exact) mass is 586 g/mol. The number of carboxylic acids is 1. The number of rotatable bonds is 9. The highest BCUT2D eigenvalue weighted by Gasteiger charge is 2.38. The average Bonchev–Trinajstić information content (AvgIpc) is 3.02. The molecule has 0 bridgehead atoms. The van der Waals surface area contributed by atoms with Crippen molar-refractivity contribution < 1.29 is 19.5 Å². The summed E-state index contributed by atoms with van der Waals surface area (Å²) in [6, 6.07) is 22.6. The minimum absolute atomic E-state index is 0.0954. The SMILES string of the molecule is CCN1CCC(C#N)(NC(=O)N(CCC(C)c2ccccc2)C(=O)c2ccc(-c3cc(C(=O)O)ccc3Cl)cc2)CC1. The lowest BCUT2D eigenvalue weighted by atomic mass is 9.89. The molecule has 0 aliphatic carbocycles. The van der Waals surface area contributed by atoms with Gasteiger partial charge >= 0.3 is 12.0 Å². The van der Waals surface area contributed by atoms with E-state index in [9.17, 15) is 24.8 Å². The highest BCUT2D eigenvalue weighted by atomic mass is 35.5. The number of nitrogens with zero attached hydrogens (tertiary/aromatic N) is 3. The lowest BCUT2D eigenvalue weighted by Crippen LogP contribution is -2.58. The van der Waals surface area contributed by atoms with Crippen LogP contribution in [0.25, 0.3) is 11.1 Å². The number of imide groups is 1. The molecular weight excluding hydrogens is 552 g/mol. The van der Waals surface area contributed by atoms with Gasteiger partial charge in [-0.1, -0.05) is 67.9 Å². The predicted molar refractivity (Wildman–Crippen MR) is 163 cm³/mol. The van der Waals surface area contributed by atoms with Gasteiger partial charge in [0.05, 0.1) is 11.6 Å². The molecule has 4 rings (SSSR count). The van der Waals surface area contributed by atoms with Crippen molar-refractivity contribution in [1.82, 2.24) is 15.1 Å². The number of urea groups is 1. The van der Waals surface area contributed by atoms with Gasteiger partial charge in [0, 0.05) is 35.8 Å². The highest BCUT2D eigenvalue weighted by molar-refractivity contribution is 6.33. The Bertz CT molecular complexity index is 1460. The number of carbonyl (C=O) groups is 3. The Morgan fingerprint density at radius 3 is 2.29 bits per heavy atom. The summed E-state index contributed by atoms with van der Waals surface area (Å²) in [4.78, 5) is 42.3. The number of carbonyl (C=O) groups excluding carboxylic acids is 2. The van der Waals surface area contributed by atoms with Gasteiger partial charge in [-0.15, -0.1) is 0 Å². The van der Waals surface area contributed by atoms with Crippen LogP contribution < -0.4 is 5.32 Å². The van der Waals surface area contributed by atoms with Crippen LogP contribution >= 0.6 is 11.6 Å². The quantitative estimate of drug-likeness (QED) is 0.299. The van der Waals surface area contributed by atoms with Crippen LogP contribution in [0.5, 0.6) is 0 Å². The predicted octanol–water partition coefficient (Wildman–Crippen LogP) is 6.43. The smallest absolute Gasteiger partial charge is 0.335 e. The molecule has 1 atom stereocenters. The summed E-state index contributed by atoms with van der Waals surface area (Å²) in [7, 11) is 0. The summed E-state index contributed by atoms with van der Waals surface area (Å²) in [5.41, 5.74) is 1.62. The van der Waals surface area contributed by atoms with Crippen molar-refractivity contribution >= 4 is 29.5 Å². The van der Waals surface area contributed by atoms with Crippen molar-refractivity contribution in [1.29, 1.82) is 5.26 Å². The van der Waals surface area contributed by atoms with Gasteiger partial charge in [0.2, 0.25) is 0 Å². The normalized spacial score (nSPS) is 15.3. The zero-order chi connectivity index (χ0) is 30.3. The standard InChI is InChI=1S/C33H35ClN4O4/c1-3-37-19-16-33(22-35,17-20-37)36-32(42)38(18-15-23(2)24-7-5-4-6-8-24)30(39)26-11-9-25(10-12-26)28-21-27(31(40)41)13-14-29(28)34/h4-14,21,23H,3,15-20H2,1-2H3,(H,36,42)(H,40,41). The van der Waals surface area contributed by atoms with Crippen molar-refractivity contribution in [3.8, 4) is 17.2 Å². The van der Waals surface area contributed by atoms with E-state index in [0.29, 0.717) is 54.1 Å². The van der Waals surface area contributed by atoms with Gasteiger partial charge in [-0.3, -0.25) is 9.69 Å². The van der Waals surface area contributed by atoms with Gasteiger partial charge in [0.15, 0.2) is 0 Å². The van der Waals surface area contributed by atoms with Gasteiger partial charge in [-0.2, -0.15) is 5.26 Å². The van der Waals surface area contributed by atoms with E-state index in [-0.39, 0.29) is 18.0 Å². The van der Waals surface area contributed by atoms with Crippen LogP contribution in [0.3, 0.4) is 0 Å². The lowest BCUT2D eigenvalue weighted by Gasteiger charge is -2.38.